The summed E-state index contributed by atoms with van der Waals surface area (Å²) in [7, 11) is 0. The molecule has 1 atom stereocenters. The van der Waals surface area contributed by atoms with Crippen molar-refractivity contribution in [3.63, 3.8) is 0 Å². The van der Waals surface area contributed by atoms with Crippen LogP contribution in [0.4, 0.5) is 5.69 Å². The number of benzene rings is 1. The van der Waals surface area contributed by atoms with E-state index in [-0.39, 0.29) is 5.91 Å². The maximum Gasteiger partial charge on any atom is 0.238 e. The molecule has 2 rings (SSSR count). The summed E-state index contributed by atoms with van der Waals surface area (Å²) in [6.07, 6.45) is 2.48. The van der Waals surface area contributed by atoms with Crippen molar-refractivity contribution >= 4 is 27.5 Å². The fraction of sp³-hybridized carbons (Fsp3) is 0.500. The molecule has 0 radical (unpaired) electrons. The quantitative estimate of drug-likeness (QED) is 0.930. The Kier molecular flexibility index (Phi) is 4.78. The van der Waals surface area contributed by atoms with Crippen molar-refractivity contribution in [1.29, 1.82) is 0 Å². The van der Waals surface area contributed by atoms with E-state index in [4.69, 9.17) is 0 Å². The Morgan fingerprint density at radius 1 is 1.50 bits per heavy atom. The van der Waals surface area contributed by atoms with Gasteiger partial charge in [0.25, 0.3) is 0 Å². The lowest BCUT2D eigenvalue weighted by molar-refractivity contribution is -0.117. The summed E-state index contributed by atoms with van der Waals surface area (Å²) in [5.41, 5.74) is 0.840. The standard InChI is InChI=1S/C14H19BrN2O/c1-11-5-4-8-17(9-11)10-14(18)16-13-7-3-2-6-12(13)15/h2-3,6-7,11H,4-5,8-10H2,1H3,(H,16,18)/t11-/m1/s1. The highest BCUT2D eigenvalue weighted by molar-refractivity contribution is 9.10. The van der Waals surface area contributed by atoms with Crippen molar-refractivity contribution < 1.29 is 4.79 Å². The Bertz CT molecular complexity index is 422. The van der Waals surface area contributed by atoms with Crippen LogP contribution < -0.4 is 5.32 Å². The third kappa shape index (κ3) is 3.82. The molecule has 18 heavy (non-hydrogen) atoms. The van der Waals surface area contributed by atoms with Crippen LogP contribution in [0.5, 0.6) is 0 Å². The average molecular weight is 311 g/mol. The molecule has 1 amide bonds. The van der Waals surface area contributed by atoms with Gasteiger partial charge in [-0.2, -0.15) is 0 Å². The summed E-state index contributed by atoms with van der Waals surface area (Å²) in [5, 5.41) is 2.94. The number of hydrogen-bond acceptors (Lipinski definition) is 2. The van der Waals surface area contributed by atoms with Gasteiger partial charge in [0.05, 0.1) is 12.2 Å². The number of para-hydroxylation sites is 1. The van der Waals surface area contributed by atoms with Gasteiger partial charge in [0.2, 0.25) is 5.91 Å². The highest BCUT2D eigenvalue weighted by atomic mass is 79.9. The molecule has 0 aliphatic carbocycles. The lowest BCUT2D eigenvalue weighted by atomic mass is 10.0. The van der Waals surface area contributed by atoms with E-state index in [1.807, 2.05) is 24.3 Å². The number of carbonyl (C=O) groups excluding carboxylic acids is 1. The number of hydrogen-bond donors (Lipinski definition) is 1. The molecule has 1 aromatic rings. The van der Waals surface area contributed by atoms with Gasteiger partial charge in [-0.3, -0.25) is 9.69 Å². The van der Waals surface area contributed by atoms with Crippen LogP contribution >= 0.6 is 15.9 Å². The maximum atomic E-state index is 12.0. The van der Waals surface area contributed by atoms with Gasteiger partial charge in [-0.1, -0.05) is 19.1 Å². The second-order valence-electron chi connectivity index (χ2n) is 5.01. The molecule has 1 aromatic carbocycles. The molecule has 3 nitrogen and oxygen atoms in total. The van der Waals surface area contributed by atoms with E-state index in [1.165, 1.54) is 12.8 Å². The normalized spacial score (nSPS) is 20.7. The minimum atomic E-state index is 0.0657. The molecule has 0 unspecified atom stereocenters. The summed E-state index contributed by atoms with van der Waals surface area (Å²) in [4.78, 5) is 14.2. The molecule has 0 saturated carbocycles. The molecule has 1 aliphatic heterocycles. The van der Waals surface area contributed by atoms with Crippen molar-refractivity contribution in [1.82, 2.24) is 4.90 Å². The maximum absolute atomic E-state index is 12.0. The van der Waals surface area contributed by atoms with Gasteiger partial charge >= 0.3 is 0 Å². The number of anilines is 1. The Morgan fingerprint density at radius 2 is 2.28 bits per heavy atom. The molecular weight excluding hydrogens is 292 g/mol. The number of likely N-dealkylation sites (tertiary alicyclic amines) is 1. The van der Waals surface area contributed by atoms with Crippen LogP contribution in [-0.2, 0) is 4.79 Å². The molecule has 1 heterocycles. The second kappa shape index (κ2) is 6.34. The SMILES string of the molecule is C[C@@H]1CCCN(CC(=O)Nc2ccccc2Br)C1. The van der Waals surface area contributed by atoms with Crippen LogP contribution in [0.15, 0.2) is 28.7 Å². The predicted molar refractivity (Wildman–Crippen MR) is 77.6 cm³/mol. The van der Waals surface area contributed by atoms with Crippen LogP contribution in [0.2, 0.25) is 0 Å². The van der Waals surface area contributed by atoms with E-state index in [9.17, 15) is 4.79 Å². The first-order valence-electron chi connectivity index (χ1n) is 6.42. The number of rotatable bonds is 3. The van der Waals surface area contributed by atoms with E-state index in [2.05, 4.69) is 33.1 Å². The van der Waals surface area contributed by atoms with Gasteiger partial charge in [-0.25, -0.2) is 0 Å². The minimum absolute atomic E-state index is 0.0657. The fourth-order valence-corrected chi connectivity index (χ4v) is 2.77. The largest absolute Gasteiger partial charge is 0.324 e. The van der Waals surface area contributed by atoms with Crippen LogP contribution in [-0.4, -0.2) is 30.4 Å². The fourth-order valence-electron chi connectivity index (χ4n) is 2.39. The van der Waals surface area contributed by atoms with Crippen molar-refractivity contribution in [3.8, 4) is 0 Å². The number of carbonyl (C=O) groups is 1. The molecule has 98 valence electrons. The summed E-state index contributed by atoms with van der Waals surface area (Å²) in [5.74, 6) is 0.769. The molecule has 1 aliphatic rings. The number of nitrogens with zero attached hydrogens (tertiary/aromatic N) is 1. The van der Waals surface area contributed by atoms with Crippen molar-refractivity contribution in [2.75, 3.05) is 25.0 Å². The molecular formula is C14H19BrN2O. The molecule has 1 N–H and O–H groups in total. The van der Waals surface area contributed by atoms with Gasteiger partial charge in [-0.05, 0) is 53.4 Å². The first-order valence-corrected chi connectivity index (χ1v) is 7.21. The number of amides is 1. The Morgan fingerprint density at radius 3 is 3.00 bits per heavy atom. The Balaban J connectivity index is 1.87. The average Bonchev–Trinajstić information content (AvgIpc) is 2.32. The van der Waals surface area contributed by atoms with Crippen molar-refractivity contribution in [2.45, 2.75) is 19.8 Å². The third-order valence-electron chi connectivity index (χ3n) is 3.26. The minimum Gasteiger partial charge on any atom is -0.324 e. The van der Waals surface area contributed by atoms with E-state index >= 15 is 0 Å². The topological polar surface area (TPSA) is 32.3 Å². The van der Waals surface area contributed by atoms with Gasteiger partial charge < -0.3 is 5.32 Å². The smallest absolute Gasteiger partial charge is 0.238 e. The highest BCUT2D eigenvalue weighted by Gasteiger charge is 2.18. The zero-order valence-corrected chi connectivity index (χ0v) is 12.2. The monoisotopic (exact) mass is 310 g/mol. The van der Waals surface area contributed by atoms with E-state index in [0.29, 0.717) is 12.5 Å². The zero-order valence-electron chi connectivity index (χ0n) is 10.7. The van der Waals surface area contributed by atoms with E-state index in [1.54, 1.807) is 0 Å². The van der Waals surface area contributed by atoms with Crippen LogP contribution in [0.3, 0.4) is 0 Å². The van der Waals surface area contributed by atoms with E-state index in [0.717, 1.165) is 23.2 Å². The number of nitrogens with one attached hydrogen (secondary N) is 1. The van der Waals surface area contributed by atoms with Crippen molar-refractivity contribution in [3.05, 3.63) is 28.7 Å². The summed E-state index contributed by atoms with van der Waals surface area (Å²) in [6, 6.07) is 7.69. The van der Waals surface area contributed by atoms with Gasteiger partial charge in [0, 0.05) is 11.0 Å². The predicted octanol–water partition coefficient (Wildman–Crippen LogP) is 3.12. The van der Waals surface area contributed by atoms with Gasteiger partial charge in [0.1, 0.15) is 0 Å². The number of halogens is 1. The molecule has 1 fully saturated rings. The third-order valence-corrected chi connectivity index (χ3v) is 3.95. The zero-order chi connectivity index (χ0) is 13.0. The summed E-state index contributed by atoms with van der Waals surface area (Å²) >= 11 is 3.43. The number of piperidine rings is 1. The highest BCUT2D eigenvalue weighted by Crippen LogP contribution is 2.21. The van der Waals surface area contributed by atoms with E-state index < -0.39 is 0 Å². The molecule has 0 spiro atoms. The van der Waals surface area contributed by atoms with Crippen LogP contribution in [0, 0.1) is 5.92 Å². The molecule has 0 bridgehead atoms. The lowest BCUT2D eigenvalue weighted by Crippen LogP contribution is -2.39. The molecule has 1 saturated heterocycles. The van der Waals surface area contributed by atoms with Gasteiger partial charge in [-0.15, -0.1) is 0 Å². The first-order chi connectivity index (χ1) is 8.65. The van der Waals surface area contributed by atoms with Crippen LogP contribution in [0.25, 0.3) is 0 Å². The summed E-state index contributed by atoms with van der Waals surface area (Å²) in [6.45, 7) is 4.81. The molecule has 4 heteroatoms. The second-order valence-corrected chi connectivity index (χ2v) is 5.86. The lowest BCUT2D eigenvalue weighted by Gasteiger charge is -2.30. The molecule has 0 aromatic heterocycles. The van der Waals surface area contributed by atoms with Crippen molar-refractivity contribution in [2.24, 2.45) is 5.92 Å². The summed E-state index contributed by atoms with van der Waals surface area (Å²) < 4.78 is 0.922. The Labute approximate surface area is 117 Å². The Hall–Kier alpha value is -0.870. The van der Waals surface area contributed by atoms with Gasteiger partial charge in [0.15, 0.2) is 0 Å². The van der Waals surface area contributed by atoms with Crippen LogP contribution in [0.1, 0.15) is 19.8 Å². The first kappa shape index (κ1) is 13.6.